The lowest BCUT2D eigenvalue weighted by Gasteiger charge is -2.36. The molecule has 2 aromatic carbocycles. The normalized spacial score (nSPS) is 17.3. The molecular weight excluding hydrogens is 436 g/mol. The molecule has 0 aliphatic carbocycles. The van der Waals surface area contributed by atoms with Crippen molar-refractivity contribution in [3.63, 3.8) is 0 Å². The average Bonchev–Trinajstić information content (AvgIpc) is 2.96. The van der Waals surface area contributed by atoms with Crippen LogP contribution >= 0.6 is 0 Å². The van der Waals surface area contributed by atoms with Gasteiger partial charge in [-0.25, -0.2) is 13.5 Å². The lowest BCUT2D eigenvalue weighted by Crippen LogP contribution is -2.48. The molecule has 2 aromatic rings. The van der Waals surface area contributed by atoms with Gasteiger partial charge < -0.3 is 15.7 Å². The van der Waals surface area contributed by atoms with Crippen molar-refractivity contribution in [1.29, 1.82) is 0 Å². The highest BCUT2D eigenvalue weighted by Crippen LogP contribution is 2.33. The Morgan fingerprint density at radius 1 is 1.18 bits per heavy atom. The van der Waals surface area contributed by atoms with E-state index in [2.05, 4.69) is 4.99 Å². The van der Waals surface area contributed by atoms with Crippen molar-refractivity contribution in [3.8, 4) is 11.1 Å². The zero-order valence-corrected chi connectivity index (χ0v) is 19.8. The zero-order valence-electron chi connectivity index (χ0n) is 19.0. The third-order valence-electron chi connectivity index (χ3n) is 6.11. The topological polar surface area (TPSA) is 99.2 Å². The molecule has 8 heteroatoms. The Hall–Kier alpha value is -2.81. The van der Waals surface area contributed by atoms with Crippen molar-refractivity contribution in [3.05, 3.63) is 53.6 Å². The summed E-state index contributed by atoms with van der Waals surface area (Å²) in [7, 11) is -1.25. The second-order valence-electron chi connectivity index (χ2n) is 8.37. The fourth-order valence-electron chi connectivity index (χ4n) is 4.13. The predicted octanol–water partition coefficient (Wildman–Crippen LogP) is 2.94. The second kappa shape index (κ2) is 9.99. The Labute approximate surface area is 197 Å². The summed E-state index contributed by atoms with van der Waals surface area (Å²) in [5, 5.41) is 9.21. The van der Waals surface area contributed by atoms with Gasteiger partial charge in [0.2, 0.25) is 5.91 Å². The number of nitrogens with zero attached hydrogens (tertiary/aromatic N) is 3. The Bertz CT molecular complexity index is 1130. The number of aliphatic imine (C=N–C) groups is 1. The van der Waals surface area contributed by atoms with E-state index in [0.717, 1.165) is 21.6 Å². The molecule has 7 nitrogen and oxygen atoms in total. The summed E-state index contributed by atoms with van der Waals surface area (Å²) >= 11 is 0. The average molecular weight is 467 g/mol. The van der Waals surface area contributed by atoms with Crippen molar-refractivity contribution in [2.45, 2.75) is 25.2 Å². The Morgan fingerprint density at radius 3 is 2.61 bits per heavy atom. The van der Waals surface area contributed by atoms with E-state index in [1.165, 1.54) is 0 Å². The summed E-state index contributed by atoms with van der Waals surface area (Å²) in [5.41, 5.74) is 10.2. The predicted molar refractivity (Wildman–Crippen MR) is 132 cm³/mol. The van der Waals surface area contributed by atoms with Crippen LogP contribution in [-0.2, 0) is 15.8 Å². The van der Waals surface area contributed by atoms with Gasteiger partial charge in [0.1, 0.15) is 16.8 Å². The van der Waals surface area contributed by atoms with Gasteiger partial charge in [0, 0.05) is 56.3 Å². The van der Waals surface area contributed by atoms with Crippen molar-refractivity contribution in [1.82, 2.24) is 9.21 Å². The maximum absolute atomic E-state index is 12.9. The molecule has 0 radical (unpaired) electrons. The van der Waals surface area contributed by atoms with E-state index in [1.54, 1.807) is 4.90 Å². The van der Waals surface area contributed by atoms with Gasteiger partial charge >= 0.3 is 0 Å². The molecule has 0 aromatic heterocycles. The number of amidine groups is 1. The number of hydrogen-bond donors (Lipinski definition) is 2. The van der Waals surface area contributed by atoms with Gasteiger partial charge in [-0.15, -0.1) is 0 Å². The smallest absolute Gasteiger partial charge is 0.250 e. The number of aliphatic hydroxyl groups excluding tert-OH is 1. The highest BCUT2D eigenvalue weighted by Gasteiger charge is 2.31. The summed E-state index contributed by atoms with van der Waals surface area (Å²) in [4.78, 5) is 20.0. The largest absolute Gasteiger partial charge is 0.396 e. The standard InChI is InChI=1S/C25H30N4O3S/c1-3-28(4-2)25(31)21-10-20-9-8-19(12-23(20)27-24(26)13-21)18-6-5-7-22(11-18)33(32)29-14-17(15-29)16-30/h5-12,17,30H,3-4,13-16H2,1-2H3,(H2,26,27). The summed E-state index contributed by atoms with van der Waals surface area (Å²) in [6.45, 7) is 6.62. The minimum atomic E-state index is -1.25. The van der Waals surface area contributed by atoms with Crippen LogP contribution < -0.4 is 5.73 Å². The molecule has 1 fully saturated rings. The second-order valence-corrected chi connectivity index (χ2v) is 9.86. The minimum absolute atomic E-state index is 0.0142. The molecule has 1 unspecified atom stereocenters. The third-order valence-corrected chi connectivity index (χ3v) is 7.53. The van der Waals surface area contributed by atoms with Crippen LogP contribution in [0.1, 0.15) is 25.8 Å². The molecule has 3 N–H and O–H groups in total. The van der Waals surface area contributed by atoms with Crippen LogP contribution in [0.4, 0.5) is 5.69 Å². The van der Waals surface area contributed by atoms with Crippen molar-refractivity contribution in [2.24, 2.45) is 16.6 Å². The third kappa shape index (κ3) is 4.93. The molecule has 1 atom stereocenters. The Morgan fingerprint density at radius 2 is 1.91 bits per heavy atom. The summed E-state index contributed by atoms with van der Waals surface area (Å²) < 4.78 is 14.7. The highest BCUT2D eigenvalue weighted by atomic mass is 32.2. The molecule has 1 saturated heterocycles. The van der Waals surface area contributed by atoms with Gasteiger partial charge in [-0.3, -0.25) is 4.79 Å². The van der Waals surface area contributed by atoms with Gasteiger partial charge in [0.25, 0.3) is 0 Å². The number of aliphatic hydroxyl groups is 1. The van der Waals surface area contributed by atoms with Gasteiger partial charge in [-0.05, 0) is 49.2 Å². The van der Waals surface area contributed by atoms with Crippen LogP contribution in [-0.4, -0.2) is 63.0 Å². The fourth-order valence-corrected chi connectivity index (χ4v) is 5.54. The van der Waals surface area contributed by atoms with Gasteiger partial charge in [0.05, 0.1) is 10.6 Å². The van der Waals surface area contributed by atoms with Gasteiger partial charge in [0.15, 0.2) is 0 Å². The maximum Gasteiger partial charge on any atom is 0.250 e. The molecule has 0 bridgehead atoms. The van der Waals surface area contributed by atoms with Crippen LogP contribution in [0.2, 0.25) is 0 Å². The summed E-state index contributed by atoms with van der Waals surface area (Å²) in [6.07, 6.45) is 2.20. The summed E-state index contributed by atoms with van der Waals surface area (Å²) in [5.74, 6) is 0.597. The van der Waals surface area contributed by atoms with E-state index in [4.69, 9.17) is 5.73 Å². The number of amides is 1. The molecule has 4 rings (SSSR count). The van der Waals surface area contributed by atoms with E-state index in [0.29, 0.717) is 49.7 Å². The lowest BCUT2D eigenvalue weighted by molar-refractivity contribution is -0.126. The first-order chi connectivity index (χ1) is 15.9. The van der Waals surface area contributed by atoms with Crippen LogP contribution in [0.15, 0.2) is 57.9 Å². The number of nitrogens with two attached hydrogens (primary N) is 1. The molecule has 33 heavy (non-hydrogen) atoms. The molecule has 2 aliphatic rings. The first kappa shape index (κ1) is 23.4. The number of fused-ring (bicyclic) bond motifs is 1. The van der Waals surface area contributed by atoms with Crippen LogP contribution in [0.5, 0.6) is 0 Å². The monoisotopic (exact) mass is 466 g/mol. The first-order valence-electron chi connectivity index (χ1n) is 11.3. The van der Waals surface area contributed by atoms with Crippen molar-refractivity contribution >= 4 is 34.5 Å². The number of rotatable bonds is 7. The van der Waals surface area contributed by atoms with E-state index in [-0.39, 0.29) is 18.4 Å². The fraction of sp³-hybridized carbons (Fsp3) is 0.360. The molecule has 174 valence electrons. The Kier molecular flexibility index (Phi) is 7.07. The van der Waals surface area contributed by atoms with Gasteiger partial charge in [-0.1, -0.05) is 24.3 Å². The number of carbonyl (C=O) groups excluding carboxylic acids is 1. The number of carbonyl (C=O) groups is 1. The van der Waals surface area contributed by atoms with E-state index < -0.39 is 11.0 Å². The molecule has 0 saturated carbocycles. The summed E-state index contributed by atoms with van der Waals surface area (Å²) in [6, 6.07) is 13.6. The van der Waals surface area contributed by atoms with Crippen molar-refractivity contribution < 1.29 is 14.1 Å². The SMILES string of the molecule is CCN(CC)C(=O)C1=Cc2ccc(-c3cccc(S(=O)N4CC(CO)C4)c3)cc2N=C(N)C1. The number of hydrogen-bond acceptors (Lipinski definition) is 5. The zero-order chi connectivity index (χ0) is 23.5. The minimum Gasteiger partial charge on any atom is -0.396 e. The van der Waals surface area contributed by atoms with Crippen LogP contribution in [0.3, 0.4) is 0 Å². The Balaban J connectivity index is 1.62. The molecule has 1 amide bonds. The molecule has 2 heterocycles. The van der Waals surface area contributed by atoms with E-state index in [9.17, 15) is 14.1 Å². The number of likely N-dealkylation sites (N-methyl/N-ethyl adjacent to an activating group) is 1. The van der Waals surface area contributed by atoms with Gasteiger partial charge in [-0.2, -0.15) is 0 Å². The van der Waals surface area contributed by atoms with Crippen molar-refractivity contribution in [2.75, 3.05) is 32.8 Å². The maximum atomic E-state index is 12.9. The first-order valence-corrected chi connectivity index (χ1v) is 12.4. The number of benzene rings is 2. The highest BCUT2D eigenvalue weighted by molar-refractivity contribution is 7.82. The lowest BCUT2D eigenvalue weighted by atomic mass is 10.0. The van der Waals surface area contributed by atoms with E-state index in [1.807, 2.05) is 66.7 Å². The van der Waals surface area contributed by atoms with Crippen LogP contribution in [0.25, 0.3) is 17.2 Å². The molecule has 0 spiro atoms. The molecule has 2 aliphatic heterocycles. The van der Waals surface area contributed by atoms with Crippen LogP contribution in [0, 0.1) is 5.92 Å². The van der Waals surface area contributed by atoms with E-state index >= 15 is 0 Å². The quantitative estimate of drug-likeness (QED) is 0.655. The molecular formula is C25H30N4O3S.